The molecule has 0 aromatic heterocycles. The summed E-state index contributed by atoms with van der Waals surface area (Å²) in [5.74, 6) is -2.54. The Labute approximate surface area is 216 Å². The van der Waals surface area contributed by atoms with Crippen LogP contribution in [0.5, 0.6) is 17.2 Å². The molecule has 10 heteroatoms. The van der Waals surface area contributed by atoms with E-state index in [1.54, 1.807) is 6.07 Å². The van der Waals surface area contributed by atoms with Gasteiger partial charge in [-0.3, -0.25) is 14.5 Å². The molecule has 1 amide bonds. The van der Waals surface area contributed by atoms with Gasteiger partial charge in [0.2, 0.25) is 0 Å². The molecule has 1 unspecified atom stereocenters. The highest BCUT2D eigenvalue weighted by Gasteiger charge is 2.48. The predicted molar refractivity (Wildman–Crippen MR) is 134 cm³/mol. The van der Waals surface area contributed by atoms with E-state index in [1.165, 1.54) is 69.9 Å². The summed E-state index contributed by atoms with van der Waals surface area (Å²) in [6.45, 7) is 0. The van der Waals surface area contributed by atoms with Crippen molar-refractivity contribution in [3.05, 3.63) is 87.2 Å². The molecule has 0 spiro atoms. The van der Waals surface area contributed by atoms with E-state index < -0.39 is 29.3 Å². The van der Waals surface area contributed by atoms with E-state index in [1.807, 2.05) is 0 Å². The second kappa shape index (κ2) is 10.1. The standard InChI is InChI=1S/C26H20Cl2FNO6/c1-34-19-9-8-13(10-16(19)27)30-23(14-6-4-5-7-18(14)29)22(25(32)26(30)33)24(31)15-11-17(28)21(36-3)12-20(15)35-2/h4-12,23,31H,1-3H3/b24-22+. The van der Waals surface area contributed by atoms with Gasteiger partial charge in [-0.15, -0.1) is 0 Å². The minimum Gasteiger partial charge on any atom is -0.507 e. The largest absolute Gasteiger partial charge is 0.507 e. The van der Waals surface area contributed by atoms with Crippen molar-refractivity contribution in [2.24, 2.45) is 0 Å². The maximum atomic E-state index is 15.1. The number of benzene rings is 3. The maximum absolute atomic E-state index is 15.1. The van der Waals surface area contributed by atoms with Gasteiger partial charge in [0, 0.05) is 17.3 Å². The van der Waals surface area contributed by atoms with Crippen LogP contribution in [0, 0.1) is 5.82 Å². The first-order valence-corrected chi connectivity index (χ1v) is 11.3. The van der Waals surface area contributed by atoms with Gasteiger partial charge in [0.15, 0.2) is 0 Å². The molecule has 1 aliphatic rings. The Bertz CT molecular complexity index is 1410. The molecule has 1 fully saturated rings. The monoisotopic (exact) mass is 531 g/mol. The van der Waals surface area contributed by atoms with Crippen LogP contribution < -0.4 is 19.1 Å². The molecule has 1 N–H and O–H groups in total. The van der Waals surface area contributed by atoms with Gasteiger partial charge in [0.1, 0.15) is 28.8 Å². The number of aliphatic hydroxyl groups excluding tert-OH is 1. The molecule has 3 aromatic rings. The highest BCUT2D eigenvalue weighted by atomic mass is 35.5. The first-order valence-electron chi connectivity index (χ1n) is 10.5. The Morgan fingerprint density at radius 1 is 0.889 bits per heavy atom. The number of nitrogens with zero attached hydrogens (tertiary/aromatic N) is 1. The number of halogens is 3. The summed E-state index contributed by atoms with van der Waals surface area (Å²) in [7, 11) is 4.19. The Morgan fingerprint density at radius 3 is 2.14 bits per heavy atom. The minimum atomic E-state index is -1.32. The molecule has 7 nitrogen and oxygen atoms in total. The second-order valence-electron chi connectivity index (χ2n) is 7.70. The van der Waals surface area contributed by atoms with Crippen molar-refractivity contribution in [3.63, 3.8) is 0 Å². The van der Waals surface area contributed by atoms with Crippen LogP contribution in [0.3, 0.4) is 0 Å². The van der Waals surface area contributed by atoms with Crippen molar-refractivity contribution < 1.29 is 33.3 Å². The van der Waals surface area contributed by atoms with Gasteiger partial charge in [-0.2, -0.15) is 0 Å². The fraction of sp³-hybridized carbons (Fsp3) is 0.154. The SMILES string of the molecule is COc1ccc(N2C(=O)C(=O)/C(=C(/O)c3cc(Cl)c(OC)cc3OC)C2c2ccccc2F)cc1Cl. The molecule has 1 heterocycles. The lowest BCUT2D eigenvalue weighted by Gasteiger charge is -2.26. The van der Waals surface area contributed by atoms with Crippen molar-refractivity contribution >= 4 is 46.3 Å². The fourth-order valence-corrected chi connectivity index (χ4v) is 4.58. The third-order valence-corrected chi connectivity index (χ3v) is 6.38. The molecular formula is C26H20Cl2FNO6. The van der Waals surface area contributed by atoms with Crippen LogP contribution in [-0.4, -0.2) is 38.1 Å². The Hall–Kier alpha value is -3.75. The van der Waals surface area contributed by atoms with Crippen molar-refractivity contribution in [1.29, 1.82) is 0 Å². The molecule has 186 valence electrons. The number of anilines is 1. The van der Waals surface area contributed by atoms with Crippen LogP contribution >= 0.6 is 23.2 Å². The number of hydrogen-bond acceptors (Lipinski definition) is 6. The van der Waals surface area contributed by atoms with Crippen molar-refractivity contribution in [2.75, 3.05) is 26.2 Å². The van der Waals surface area contributed by atoms with Crippen LogP contribution in [-0.2, 0) is 9.59 Å². The first-order chi connectivity index (χ1) is 17.2. The molecule has 4 rings (SSSR count). The van der Waals surface area contributed by atoms with Crippen LogP contribution in [0.25, 0.3) is 5.76 Å². The van der Waals surface area contributed by atoms with Gasteiger partial charge in [0.25, 0.3) is 11.7 Å². The van der Waals surface area contributed by atoms with E-state index >= 15 is 4.39 Å². The molecule has 0 aliphatic carbocycles. The summed E-state index contributed by atoms with van der Waals surface area (Å²) in [6.07, 6.45) is 0. The minimum absolute atomic E-state index is 0.0104. The van der Waals surface area contributed by atoms with Gasteiger partial charge in [-0.05, 0) is 30.3 Å². The lowest BCUT2D eigenvalue weighted by atomic mass is 9.94. The Balaban J connectivity index is 2.00. The van der Waals surface area contributed by atoms with Crippen molar-refractivity contribution in [2.45, 2.75) is 6.04 Å². The zero-order chi connectivity index (χ0) is 26.1. The van der Waals surface area contributed by atoms with Gasteiger partial charge >= 0.3 is 0 Å². The zero-order valence-corrected chi connectivity index (χ0v) is 20.9. The molecular weight excluding hydrogens is 512 g/mol. The number of carbonyl (C=O) groups is 2. The van der Waals surface area contributed by atoms with Crippen LogP contribution in [0.1, 0.15) is 17.2 Å². The Kier molecular flexibility index (Phi) is 7.10. The quantitative estimate of drug-likeness (QED) is 0.246. The summed E-state index contributed by atoms with van der Waals surface area (Å²) >= 11 is 12.5. The molecule has 1 aliphatic heterocycles. The number of carbonyl (C=O) groups excluding carboxylic acids is 2. The number of ether oxygens (including phenoxy) is 3. The van der Waals surface area contributed by atoms with Crippen LogP contribution in [0.15, 0.2) is 60.2 Å². The first kappa shape index (κ1) is 25.3. The van der Waals surface area contributed by atoms with Gasteiger partial charge in [-0.1, -0.05) is 41.4 Å². The summed E-state index contributed by atoms with van der Waals surface area (Å²) < 4.78 is 30.8. The molecule has 0 radical (unpaired) electrons. The topological polar surface area (TPSA) is 85.3 Å². The number of methoxy groups -OCH3 is 3. The third kappa shape index (κ3) is 4.23. The van der Waals surface area contributed by atoms with Crippen LogP contribution in [0.2, 0.25) is 10.0 Å². The fourth-order valence-electron chi connectivity index (χ4n) is 4.09. The molecule has 0 bridgehead atoms. The highest BCUT2D eigenvalue weighted by molar-refractivity contribution is 6.52. The number of ketones is 1. The lowest BCUT2D eigenvalue weighted by Crippen LogP contribution is -2.29. The summed E-state index contributed by atoms with van der Waals surface area (Å²) in [4.78, 5) is 27.7. The van der Waals surface area contributed by atoms with Crippen LogP contribution in [0.4, 0.5) is 10.1 Å². The third-order valence-electron chi connectivity index (χ3n) is 5.79. The average molecular weight is 532 g/mol. The van der Waals surface area contributed by atoms with E-state index in [0.29, 0.717) is 5.75 Å². The normalized spacial score (nSPS) is 16.8. The van der Waals surface area contributed by atoms with Crippen molar-refractivity contribution in [1.82, 2.24) is 0 Å². The van der Waals surface area contributed by atoms with Gasteiger partial charge < -0.3 is 19.3 Å². The number of aliphatic hydroxyl groups is 1. The van der Waals surface area contributed by atoms with E-state index in [9.17, 15) is 14.7 Å². The second-order valence-corrected chi connectivity index (χ2v) is 8.51. The molecule has 1 atom stereocenters. The summed E-state index contributed by atoms with van der Waals surface area (Å²) in [6, 6.07) is 11.5. The number of Topliss-reactive ketones (excluding diaryl/α,β-unsaturated/α-hetero) is 1. The van der Waals surface area contributed by atoms with E-state index in [2.05, 4.69) is 0 Å². The number of amides is 1. The van der Waals surface area contributed by atoms with E-state index in [-0.39, 0.29) is 43.9 Å². The number of rotatable bonds is 6. The molecule has 3 aromatic carbocycles. The highest BCUT2D eigenvalue weighted by Crippen LogP contribution is 2.46. The lowest BCUT2D eigenvalue weighted by molar-refractivity contribution is -0.132. The zero-order valence-electron chi connectivity index (χ0n) is 19.3. The van der Waals surface area contributed by atoms with E-state index in [0.717, 1.165) is 4.90 Å². The summed E-state index contributed by atoms with van der Waals surface area (Å²) in [5, 5.41) is 11.7. The number of hydrogen-bond donors (Lipinski definition) is 1. The Morgan fingerprint density at radius 2 is 1.53 bits per heavy atom. The van der Waals surface area contributed by atoms with Gasteiger partial charge in [-0.25, -0.2) is 4.39 Å². The smallest absolute Gasteiger partial charge is 0.300 e. The maximum Gasteiger partial charge on any atom is 0.300 e. The van der Waals surface area contributed by atoms with Crippen molar-refractivity contribution in [3.8, 4) is 17.2 Å². The summed E-state index contributed by atoms with van der Waals surface area (Å²) in [5.41, 5.74) is -0.134. The molecule has 36 heavy (non-hydrogen) atoms. The molecule has 0 saturated carbocycles. The van der Waals surface area contributed by atoms with Gasteiger partial charge in [0.05, 0.1) is 48.6 Å². The molecule has 1 saturated heterocycles. The predicted octanol–water partition coefficient (Wildman–Crippen LogP) is 5.78. The average Bonchev–Trinajstić information content (AvgIpc) is 3.13. The van der Waals surface area contributed by atoms with E-state index in [4.69, 9.17) is 37.4 Å².